The molecule has 3 N–H and O–H groups in total. The fourth-order valence-electron chi connectivity index (χ4n) is 2.08. The van der Waals surface area contributed by atoms with E-state index >= 15 is 0 Å². The zero-order valence-corrected chi connectivity index (χ0v) is 8.76. The molecule has 1 atom stereocenters. The number of rotatable bonds is 2. The topological polar surface area (TPSA) is 62.4 Å². The summed E-state index contributed by atoms with van der Waals surface area (Å²) < 4.78 is 0. The van der Waals surface area contributed by atoms with E-state index in [1.165, 1.54) is 0 Å². The van der Waals surface area contributed by atoms with E-state index in [-0.39, 0.29) is 6.61 Å². The predicted octanol–water partition coefficient (Wildman–Crippen LogP) is 0.872. The molecule has 4 heteroatoms. The highest BCUT2D eigenvalue weighted by Crippen LogP contribution is 2.23. The number of anilines is 2. The van der Waals surface area contributed by atoms with Gasteiger partial charge in [-0.2, -0.15) is 0 Å². The molecule has 0 amide bonds. The van der Waals surface area contributed by atoms with Gasteiger partial charge in [0.15, 0.2) is 0 Å². The Morgan fingerprint density at radius 2 is 2.47 bits per heavy atom. The number of nitrogens with two attached hydrogens (primary N) is 1. The van der Waals surface area contributed by atoms with Gasteiger partial charge in [0.25, 0.3) is 0 Å². The molecule has 2 rings (SSSR count). The van der Waals surface area contributed by atoms with Gasteiger partial charge in [0, 0.05) is 37.6 Å². The molecule has 1 aliphatic rings. The van der Waals surface area contributed by atoms with E-state index in [0.29, 0.717) is 11.7 Å². The number of hydrogen-bond acceptors (Lipinski definition) is 4. The molecule has 1 aromatic heterocycles. The fourth-order valence-corrected chi connectivity index (χ4v) is 2.08. The van der Waals surface area contributed by atoms with Gasteiger partial charge < -0.3 is 15.7 Å². The first-order valence-electron chi connectivity index (χ1n) is 5.37. The van der Waals surface area contributed by atoms with Gasteiger partial charge in [0.1, 0.15) is 5.82 Å². The van der Waals surface area contributed by atoms with E-state index in [1.54, 1.807) is 6.20 Å². The number of nitrogen functional groups attached to an aromatic ring is 1. The number of piperidine rings is 1. The molecular weight excluding hydrogens is 190 g/mol. The van der Waals surface area contributed by atoms with Crippen molar-refractivity contribution in [1.82, 2.24) is 4.98 Å². The molecule has 15 heavy (non-hydrogen) atoms. The third kappa shape index (κ3) is 2.39. The lowest BCUT2D eigenvalue weighted by atomic mass is 9.99. The van der Waals surface area contributed by atoms with Crippen LogP contribution in [0.25, 0.3) is 0 Å². The predicted molar refractivity (Wildman–Crippen MR) is 60.7 cm³/mol. The molecule has 0 spiro atoms. The van der Waals surface area contributed by atoms with Crippen molar-refractivity contribution in [1.29, 1.82) is 0 Å². The van der Waals surface area contributed by atoms with Crippen LogP contribution >= 0.6 is 0 Å². The molecule has 1 unspecified atom stereocenters. The van der Waals surface area contributed by atoms with E-state index in [4.69, 9.17) is 10.8 Å². The number of aliphatic hydroxyl groups excluding tert-OH is 1. The quantitative estimate of drug-likeness (QED) is 0.755. The second-order valence-electron chi connectivity index (χ2n) is 4.08. The minimum Gasteiger partial charge on any atom is -0.396 e. The summed E-state index contributed by atoms with van der Waals surface area (Å²) in [5, 5.41) is 9.15. The van der Waals surface area contributed by atoms with E-state index < -0.39 is 0 Å². The zero-order chi connectivity index (χ0) is 10.7. The molecule has 0 saturated carbocycles. The Morgan fingerprint density at radius 1 is 1.60 bits per heavy atom. The van der Waals surface area contributed by atoms with Crippen LogP contribution in [0.3, 0.4) is 0 Å². The minimum atomic E-state index is 0.275. The van der Waals surface area contributed by atoms with Gasteiger partial charge in [-0.15, -0.1) is 0 Å². The Labute approximate surface area is 89.7 Å². The van der Waals surface area contributed by atoms with Crippen molar-refractivity contribution in [2.75, 3.05) is 30.3 Å². The smallest absolute Gasteiger partial charge is 0.125 e. The molecule has 0 aromatic carbocycles. The van der Waals surface area contributed by atoms with Crippen LogP contribution in [0.15, 0.2) is 18.3 Å². The molecule has 2 heterocycles. The lowest BCUT2D eigenvalue weighted by Crippen LogP contribution is -2.36. The molecule has 82 valence electrons. The first-order valence-corrected chi connectivity index (χ1v) is 5.37. The standard InChI is InChI=1S/C11H17N3O/c12-11-6-10(3-4-13-11)14-5-1-2-9(7-14)8-15/h3-4,6,9,15H,1-2,5,7-8H2,(H2,12,13). The SMILES string of the molecule is Nc1cc(N2CCCC(CO)C2)ccn1. The molecule has 0 aliphatic carbocycles. The van der Waals surface area contributed by atoms with Gasteiger partial charge in [-0.05, 0) is 24.8 Å². The van der Waals surface area contributed by atoms with Crippen molar-refractivity contribution < 1.29 is 5.11 Å². The van der Waals surface area contributed by atoms with E-state index in [2.05, 4.69) is 9.88 Å². The maximum absolute atomic E-state index is 9.15. The second kappa shape index (κ2) is 4.49. The van der Waals surface area contributed by atoms with Crippen LogP contribution in [0.5, 0.6) is 0 Å². The summed E-state index contributed by atoms with van der Waals surface area (Å²) in [5.74, 6) is 0.951. The second-order valence-corrected chi connectivity index (χ2v) is 4.08. The zero-order valence-electron chi connectivity index (χ0n) is 8.76. The highest BCUT2D eigenvalue weighted by atomic mass is 16.3. The van der Waals surface area contributed by atoms with Crippen molar-refractivity contribution in [3.8, 4) is 0 Å². The number of hydrogen-bond donors (Lipinski definition) is 2. The molecule has 1 saturated heterocycles. The van der Waals surface area contributed by atoms with Crippen LogP contribution in [0.4, 0.5) is 11.5 Å². The normalized spacial score (nSPS) is 21.7. The Morgan fingerprint density at radius 3 is 3.20 bits per heavy atom. The Hall–Kier alpha value is -1.29. The molecule has 1 aromatic rings. The van der Waals surface area contributed by atoms with Crippen molar-refractivity contribution in [2.24, 2.45) is 5.92 Å². The van der Waals surface area contributed by atoms with Crippen LogP contribution < -0.4 is 10.6 Å². The van der Waals surface area contributed by atoms with Crippen LogP contribution in [-0.4, -0.2) is 29.8 Å². The molecular formula is C11H17N3O. The lowest BCUT2D eigenvalue weighted by Gasteiger charge is -2.33. The first kappa shape index (κ1) is 10.2. The lowest BCUT2D eigenvalue weighted by molar-refractivity contribution is 0.209. The average Bonchev–Trinajstić information content (AvgIpc) is 2.29. The van der Waals surface area contributed by atoms with Gasteiger partial charge in [-0.25, -0.2) is 4.98 Å². The maximum Gasteiger partial charge on any atom is 0.125 e. The number of pyridine rings is 1. The summed E-state index contributed by atoms with van der Waals surface area (Å²) in [6, 6.07) is 3.86. The summed E-state index contributed by atoms with van der Waals surface area (Å²) in [6.07, 6.45) is 3.98. The molecule has 0 bridgehead atoms. The highest BCUT2D eigenvalue weighted by Gasteiger charge is 2.19. The van der Waals surface area contributed by atoms with Crippen molar-refractivity contribution >= 4 is 11.5 Å². The summed E-state index contributed by atoms with van der Waals surface area (Å²) in [5.41, 5.74) is 6.76. The van der Waals surface area contributed by atoms with E-state index in [9.17, 15) is 0 Å². The Bertz CT molecular complexity index is 329. The van der Waals surface area contributed by atoms with Gasteiger partial charge in [-0.3, -0.25) is 0 Å². The number of aromatic nitrogens is 1. The average molecular weight is 207 g/mol. The summed E-state index contributed by atoms with van der Waals surface area (Å²) in [6.45, 7) is 2.23. The Balaban J connectivity index is 2.09. The van der Waals surface area contributed by atoms with Gasteiger partial charge >= 0.3 is 0 Å². The minimum absolute atomic E-state index is 0.275. The molecule has 4 nitrogen and oxygen atoms in total. The van der Waals surface area contributed by atoms with Gasteiger partial charge in [0.2, 0.25) is 0 Å². The summed E-state index contributed by atoms with van der Waals surface area (Å²) in [4.78, 5) is 6.24. The van der Waals surface area contributed by atoms with Crippen molar-refractivity contribution in [3.05, 3.63) is 18.3 Å². The summed E-state index contributed by atoms with van der Waals surface area (Å²) in [7, 11) is 0. The largest absolute Gasteiger partial charge is 0.396 e. The van der Waals surface area contributed by atoms with Crippen LogP contribution in [-0.2, 0) is 0 Å². The van der Waals surface area contributed by atoms with E-state index in [1.807, 2.05) is 12.1 Å². The van der Waals surface area contributed by atoms with Crippen molar-refractivity contribution in [3.63, 3.8) is 0 Å². The fraction of sp³-hybridized carbons (Fsp3) is 0.545. The third-order valence-corrected chi connectivity index (χ3v) is 2.91. The maximum atomic E-state index is 9.15. The van der Waals surface area contributed by atoms with E-state index in [0.717, 1.165) is 31.6 Å². The highest BCUT2D eigenvalue weighted by molar-refractivity contribution is 5.52. The monoisotopic (exact) mass is 207 g/mol. The van der Waals surface area contributed by atoms with Crippen LogP contribution in [0, 0.1) is 5.92 Å². The number of aliphatic hydroxyl groups is 1. The van der Waals surface area contributed by atoms with Gasteiger partial charge in [0.05, 0.1) is 0 Å². The first-order chi connectivity index (χ1) is 7.29. The summed E-state index contributed by atoms with van der Waals surface area (Å²) >= 11 is 0. The molecule has 0 radical (unpaired) electrons. The van der Waals surface area contributed by atoms with Crippen molar-refractivity contribution in [2.45, 2.75) is 12.8 Å². The number of nitrogens with zero attached hydrogens (tertiary/aromatic N) is 2. The third-order valence-electron chi connectivity index (χ3n) is 2.91. The van der Waals surface area contributed by atoms with Crippen LogP contribution in [0.2, 0.25) is 0 Å². The molecule has 1 aliphatic heterocycles. The Kier molecular flexibility index (Phi) is 3.06. The van der Waals surface area contributed by atoms with Crippen LogP contribution in [0.1, 0.15) is 12.8 Å². The van der Waals surface area contributed by atoms with Gasteiger partial charge in [-0.1, -0.05) is 0 Å². The molecule has 1 fully saturated rings.